The summed E-state index contributed by atoms with van der Waals surface area (Å²) in [7, 11) is 0. The minimum absolute atomic E-state index is 0. The lowest BCUT2D eigenvalue weighted by atomic mass is 10.2. The predicted octanol–water partition coefficient (Wildman–Crippen LogP) is 3.43. The van der Waals surface area contributed by atoms with E-state index in [1.165, 1.54) is 12.8 Å². The number of unbranched alkanes of at least 4 members (excludes halogenated alkanes) is 3. The van der Waals surface area contributed by atoms with E-state index in [-0.39, 0.29) is 18.4 Å². The van der Waals surface area contributed by atoms with E-state index in [9.17, 15) is 4.79 Å². The molecule has 0 fully saturated rings. The Morgan fingerprint density at radius 1 is 1.18 bits per heavy atom. The normalized spacial score (nSPS) is 9.47. The summed E-state index contributed by atoms with van der Waals surface area (Å²) < 4.78 is 5.13. The van der Waals surface area contributed by atoms with Gasteiger partial charge in [-0.05, 0) is 30.7 Å². The summed E-state index contributed by atoms with van der Waals surface area (Å²) in [4.78, 5) is 11.5. The molecule has 0 aromatic heterocycles. The van der Waals surface area contributed by atoms with Gasteiger partial charge in [0.05, 0.1) is 12.2 Å². The second kappa shape index (κ2) is 8.88. The number of hydrogen-bond acceptors (Lipinski definition) is 3. The Morgan fingerprint density at radius 3 is 2.41 bits per heavy atom. The van der Waals surface area contributed by atoms with Crippen LogP contribution >= 0.6 is 12.4 Å². The van der Waals surface area contributed by atoms with Gasteiger partial charge in [0.15, 0.2) is 0 Å². The van der Waals surface area contributed by atoms with Gasteiger partial charge < -0.3 is 10.5 Å². The molecule has 1 aromatic carbocycles. The van der Waals surface area contributed by atoms with Gasteiger partial charge in [-0.3, -0.25) is 0 Å². The SMILES string of the molecule is CCCCCCOC(=O)c1ccc(N)cc1.Cl. The van der Waals surface area contributed by atoms with Crippen LogP contribution < -0.4 is 5.73 Å². The van der Waals surface area contributed by atoms with Crippen molar-refractivity contribution in [2.45, 2.75) is 32.6 Å². The van der Waals surface area contributed by atoms with E-state index < -0.39 is 0 Å². The number of hydrogen-bond donors (Lipinski definition) is 1. The van der Waals surface area contributed by atoms with Crippen LogP contribution in [0.5, 0.6) is 0 Å². The first kappa shape index (κ1) is 15.8. The molecule has 0 unspecified atom stereocenters. The molecule has 4 heteroatoms. The molecule has 17 heavy (non-hydrogen) atoms. The summed E-state index contributed by atoms with van der Waals surface area (Å²) in [5, 5.41) is 0. The van der Waals surface area contributed by atoms with E-state index in [1.54, 1.807) is 24.3 Å². The fraction of sp³-hybridized carbons (Fsp3) is 0.462. The molecule has 96 valence electrons. The second-order valence-corrected chi connectivity index (χ2v) is 3.82. The number of rotatable bonds is 6. The number of nitrogen functional groups attached to an aromatic ring is 1. The van der Waals surface area contributed by atoms with E-state index in [0.717, 1.165) is 12.8 Å². The molecule has 0 heterocycles. The van der Waals surface area contributed by atoms with Crippen LogP contribution in [0, 0.1) is 0 Å². The Kier molecular flexibility index (Phi) is 8.24. The Hall–Kier alpha value is -1.22. The summed E-state index contributed by atoms with van der Waals surface area (Å²) in [5.41, 5.74) is 6.74. The molecule has 0 aliphatic heterocycles. The average Bonchev–Trinajstić information content (AvgIpc) is 2.29. The number of carbonyl (C=O) groups is 1. The van der Waals surface area contributed by atoms with E-state index in [4.69, 9.17) is 10.5 Å². The number of anilines is 1. The highest BCUT2D eigenvalue weighted by Gasteiger charge is 2.05. The van der Waals surface area contributed by atoms with Crippen LogP contribution in [0.2, 0.25) is 0 Å². The molecule has 0 aliphatic carbocycles. The molecule has 0 saturated heterocycles. The van der Waals surface area contributed by atoms with Crippen molar-refractivity contribution in [3.63, 3.8) is 0 Å². The van der Waals surface area contributed by atoms with Gasteiger partial charge in [0.1, 0.15) is 0 Å². The van der Waals surface area contributed by atoms with Crippen LogP contribution in [0.1, 0.15) is 43.0 Å². The van der Waals surface area contributed by atoms with Gasteiger partial charge in [0.2, 0.25) is 0 Å². The standard InChI is InChI=1S/C13H19NO2.ClH/c1-2-3-4-5-10-16-13(15)11-6-8-12(14)9-7-11;/h6-9H,2-5,10,14H2,1H3;1H. The van der Waals surface area contributed by atoms with E-state index in [2.05, 4.69) is 6.92 Å². The zero-order chi connectivity index (χ0) is 11.8. The van der Waals surface area contributed by atoms with Crippen molar-refractivity contribution in [1.29, 1.82) is 0 Å². The smallest absolute Gasteiger partial charge is 0.338 e. The highest BCUT2D eigenvalue weighted by atomic mass is 35.5. The summed E-state index contributed by atoms with van der Waals surface area (Å²) in [5.74, 6) is -0.267. The molecule has 0 atom stereocenters. The van der Waals surface area contributed by atoms with Crippen LogP contribution in [-0.2, 0) is 4.74 Å². The van der Waals surface area contributed by atoms with Crippen molar-refractivity contribution in [2.75, 3.05) is 12.3 Å². The molecule has 0 aliphatic rings. The molecule has 2 N–H and O–H groups in total. The van der Waals surface area contributed by atoms with Gasteiger partial charge in [-0.15, -0.1) is 12.4 Å². The molecule has 0 saturated carbocycles. The van der Waals surface area contributed by atoms with Crippen molar-refractivity contribution in [2.24, 2.45) is 0 Å². The first-order chi connectivity index (χ1) is 7.74. The minimum Gasteiger partial charge on any atom is -0.462 e. The van der Waals surface area contributed by atoms with E-state index in [1.807, 2.05) is 0 Å². The van der Waals surface area contributed by atoms with Crippen LogP contribution in [0.25, 0.3) is 0 Å². The quantitative estimate of drug-likeness (QED) is 0.483. The molecule has 1 rings (SSSR count). The molecule has 0 amide bonds. The van der Waals surface area contributed by atoms with Gasteiger partial charge in [-0.25, -0.2) is 4.79 Å². The third-order valence-electron chi connectivity index (χ3n) is 2.38. The van der Waals surface area contributed by atoms with Crippen molar-refractivity contribution in [3.05, 3.63) is 29.8 Å². The lowest BCUT2D eigenvalue weighted by molar-refractivity contribution is 0.0498. The number of carbonyl (C=O) groups excluding carboxylic acids is 1. The molecule has 3 nitrogen and oxygen atoms in total. The van der Waals surface area contributed by atoms with E-state index in [0.29, 0.717) is 17.9 Å². The number of benzene rings is 1. The molecular formula is C13H20ClNO2. The van der Waals surface area contributed by atoms with Crippen LogP contribution in [0.15, 0.2) is 24.3 Å². The summed E-state index contributed by atoms with van der Waals surface area (Å²) in [6, 6.07) is 6.77. The Labute approximate surface area is 109 Å². The lowest BCUT2D eigenvalue weighted by Crippen LogP contribution is -2.06. The van der Waals surface area contributed by atoms with E-state index >= 15 is 0 Å². The Morgan fingerprint density at radius 2 is 1.82 bits per heavy atom. The van der Waals surface area contributed by atoms with Gasteiger partial charge in [0.25, 0.3) is 0 Å². The molecular weight excluding hydrogens is 238 g/mol. The number of ether oxygens (including phenoxy) is 1. The first-order valence-corrected chi connectivity index (χ1v) is 5.76. The van der Waals surface area contributed by atoms with Crippen molar-refractivity contribution in [1.82, 2.24) is 0 Å². The maximum atomic E-state index is 11.5. The average molecular weight is 258 g/mol. The monoisotopic (exact) mass is 257 g/mol. The van der Waals surface area contributed by atoms with Crippen LogP contribution in [0.4, 0.5) is 5.69 Å². The summed E-state index contributed by atoms with van der Waals surface area (Å²) >= 11 is 0. The number of nitrogens with two attached hydrogens (primary N) is 1. The third kappa shape index (κ3) is 6.17. The molecule has 0 bridgehead atoms. The molecule has 1 aromatic rings. The number of halogens is 1. The van der Waals surface area contributed by atoms with Crippen LogP contribution in [0.3, 0.4) is 0 Å². The summed E-state index contributed by atoms with van der Waals surface area (Å²) in [6.07, 6.45) is 4.44. The first-order valence-electron chi connectivity index (χ1n) is 5.76. The maximum Gasteiger partial charge on any atom is 0.338 e. The van der Waals surface area contributed by atoms with Crippen molar-refractivity contribution in [3.8, 4) is 0 Å². The molecule has 0 spiro atoms. The summed E-state index contributed by atoms with van der Waals surface area (Å²) in [6.45, 7) is 2.66. The predicted molar refractivity (Wildman–Crippen MR) is 72.5 cm³/mol. The Balaban J connectivity index is 0.00000256. The lowest BCUT2D eigenvalue weighted by Gasteiger charge is -2.04. The maximum absolute atomic E-state index is 11.5. The zero-order valence-corrected chi connectivity index (χ0v) is 11.0. The number of esters is 1. The van der Waals surface area contributed by atoms with Crippen molar-refractivity contribution >= 4 is 24.1 Å². The minimum atomic E-state index is -0.267. The Bertz CT molecular complexity index is 325. The topological polar surface area (TPSA) is 52.3 Å². The zero-order valence-electron chi connectivity index (χ0n) is 10.1. The second-order valence-electron chi connectivity index (χ2n) is 3.82. The highest BCUT2D eigenvalue weighted by Crippen LogP contribution is 2.07. The van der Waals surface area contributed by atoms with Gasteiger partial charge in [0, 0.05) is 5.69 Å². The van der Waals surface area contributed by atoms with Gasteiger partial charge in [-0.1, -0.05) is 26.2 Å². The molecule has 0 radical (unpaired) electrons. The third-order valence-corrected chi connectivity index (χ3v) is 2.38. The fourth-order valence-electron chi connectivity index (χ4n) is 1.40. The fourth-order valence-corrected chi connectivity index (χ4v) is 1.40. The van der Waals surface area contributed by atoms with Crippen LogP contribution in [-0.4, -0.2) is 12.6 Å². The van der Waals surface area contributed by atoms with Gasteiger partial charge >= 0.3 is 5.97 Å². The largest absolute Gasteiger partial charge is 0.462 e. The van der Waals surface area contributed by atoms with Crippen molar-refractivity contribution < 1.29 is 9.53 Å². The highest BCUT2D eigenvalue weighted by molar-refractivity contribution is 5.89. The van der Waals surface area contributed by atoms with Gasteiger partial charge in [-0.2, -0.15) is 0 Å².